The summed E-state index contributed by atoms with van der Waals surface area (Å²) in [5, 5.41) is 0.744. The van der Waals surface area contributed by atoms with Gasteiger partial charge in [-0.2, -0.15) is 0 Å². The molecule has 0 spiro atoms. The Balaban J connectivity index is 2.49. The van der Waals surface area contributed by atoms with Gasteiger partial charge in [0.2, 0.25) is 0 Å². The monoisotopic (exact) mass is 283 g/mol. The molecule has 0 amide bonds. The number of rotatable bonds is 9. The Kier molecular flexibility index (Phi) is 8.11. The molecule has 0 fully saturated rings. The number of hydrogen-bond donors (Lipinski definition) is 1. The molecule has 0 saturated heterocycles. The first kappa shape index (κ1) is 16.5. The highest BCUT2D eigenvalue weighted by molar-refractivity contribution is 6.30. The second-order valence-electron chi connectivity index (χ2n) is 5.03. The number of ether oxygens (including phenoxy) is 1. The third-order valence-corrected chi connectivity index (χ3v) is 3.78. The minimum atomic E-state index is -0.0204. The summed E-state index contributed by atoms with van der Waals surface area (Å²) >= 11 is 5.89. The van der Waals surface area contributed by atoms with Crippen LogP contribution in [0, 0.1) is 5.92 Å². The highest BCUT2D eigenvalue weighted by Crippen LogP contribution is 2.21. The Hall–Kier alpha value is -0.570. The largest absolute Gasteiger partial charge is 0.372 e. The summed E-state index contributed by atoms with van der Waals surface area (Å²) in [6.45, 7) is 5.75. The molecule has 1 rings (SSSR count). The SMILES string of the molecule is CCCCC(CC)COC(CN)c1ccc(Cl)cc1. The van der Waals surface area contributed by atoms with E-state index in [9.17, 15) is 0 Å². The topological polar surface area (TPSA) is 35.2 Å². The molecule has 0 bridgehead atoms. The average molecular weight is 284 g/mol. The molecule has 0 aliphatic heterocycles. The molecule has 0 radical (unpaired) electrons. The zero-order chi connectivity index (χ0) is 14.1. The quantitative estimate of drug-likeness (QED) is 0.720. The molecule has 0 aromatic heterocycles. The molecule has 2 atom stereocenters. The van der Waals surface area contributed by atoms with Crippen LogP contribution in [0.25, 0.3) is 0 Å². The Labute approximate surface area is 122 Å². The summed E-state index contributed by atoms with van der Waals surface area (Å²) in [5.74, 6) is 0.640. The molecule has 0 aliphatic carbocycles. The van der Waals surface area contributed by atoms with Crippen LogP contribution in [0.3, 0.4) is 0 Å². The van der Waals surface area contributed by atoms with Gasteiger partial charge in [0.15, 0.2) is 0 Å². The highest BCUT2D eigenvalue weighted by atomic mass is 35.5. The molecule has 0 saturated carbocycles. The first-order chi connectivity index (χ1) is 9.21. The zero-order valence-electron chi connectivity index (χ0n) is 12.1. The van der Waals surface area contributed by atoms with Crippen molar-refractivity contribution in [2.45, 2.75) is 45.6 Å². The van der Waals surface area contributed by atoms with E-state index in [0.717, 1.165) is 23.6 Å². The van der Waals surface area contributed by atoms with Crippen molar-refractivity contribution in [1.82, 2.24) is 0 Å². The Bertz CT molecular complexity index is 339. The predicted molar refractivity (Wildman–Crippen MR) is 82.5 cm³/mol. The van der Waals surface area contributed by atoms with Crippen LogP contribution in [0.1, 0.15) is 51.2 Å². The minimum absolute atomic E-state index is 0.0204. The van der Waals surface area contributed by atoms with E-state index in [-0.39, 0.29) is 6.10 Å². The van der Waals surface area contributed by atoms with Crippen LogP contribution in [0.15, 0.2) is 24.3 Å². The maximum Gasteiger partial charge on any atom is 0.0947 e. The number of unbranched alkanes of at least 4 members (excludes halogenated alkanes) is 1. The van der Waals surface area contributed by atoms with Gasteiger partial charge < -0.3 is 10.5 Å². The zero-order valence-corrected chi connectivity index (χ0v) is 12.8. The summed E-state index contributed by atoms with van der Waals surface area (Å²) < 4.78 is 6.00. The summed E-state index contributed by atoms with van der Waals surface area (Å²) in [6.07, 6.45) is 4.90. The third kappa shape index (κ3) is 5.94. The Morgan fingerprint density at radius 1 is 1.21 bits per heavy atom. The van der Waals surface area contributed by atoms with Crippen molar-refractivity contribution in [3.05, 3.63) is 34.9 Å². The summed E-state index contributed by atoms with van der Waals surface area (Å²) in [5.41, 5.74) is 6.92. The van der Waals surface area contributed by atoms with Crippen LogP contribution >= 0.6 is 11.6 Å². The fourth-order valence-electron chi connectivity index (χ4n) is 2.13. The van der Waals surface area contributed by atoms with E-state index in [1.54, 1.807) is 0 Å². The van der Waals surface area contributed by atoms with E-state index in [4.69, 9.17) is 22.1 Å². The van der Waals surface area contributed by atoms with Gasteiger partial charge in [0.1, 0.15) is 0 Å². The van der Waals surface area contributed by atoms with Gasteiger partial charge in [0.05, 0.1) is 12.7 Å². The fraction of sp³-hybridized carbons (Fsp3) is 0.625. The molecule has 2 unspecified atom stereocenters. The normalized spacial score (nSPS) is 14.3. The van der Waals surface area contributed by atoms with Crippen LogP contribution in [0.2, 0.25) is 5.02 Å². The molecule has 2 nitrogen and oxygen atoms in total. The first-order valence-corrected chi connectivity index (χ1v) is 7.66. The number of halogens is 1. The van der Waals surface area contributed by atoms with Crippen molar-refractivity contribution < 1.29 is 4.74 Å². The van der Waals surface area contributed by atoms with Crippen molar-refractivity contribution in [2.24, 2.45) is 11.7 Å². The second-order valence-corrected chi connectivity index (χ2v) is 5.46. The van der Waals surface area contributed by atoms with Gasteiger partial charge in [-0.1, -0.05) is 56.8 Å². The Morgan fingerprint density at radius 3 is 2.42 bits per heavy atom. The van der Waals surface area contributed by atoms with Crippen LogP contribution in [-0.4, -0.2) is 13.2 Å². The molecule has 1 aromatic carbocycles. The van der Waals surface area contributed by atoms with Crippen LogP contribution in [-0.2, 0) is 4.74 Å². The lowest BCUT2D eigenvalue weighted by Gasteiger charge is -2.21. The summed E-state index contributed by atoms with van der Waals surface area (Å²) in [6, 6.07) is 7.76. The first-order valence-electron chi connectivity index (χ1n) is 7.28. The maximum absolute atomic E-state index is 6.00. The number of hydrogen-bond acceptors (Lipinski definition) is 2. The maximum atomic E-state index is 6.00. The van der Waals surface area contributed by atoms with Crippen LogP contribution in [0.5, 0.6) is 0 Å². The van der Waals surface area contributed by atoms with Crippen LogP contribution in [0.4, 0.5) is 0 Å². The molecular weight excluding hydrogens is 258 g/mol. The minimum Gasteiger partial charge on any atom is -0.372 e. The second kappa shape index (κ2) is 9.35. The lowest BCUT2D eigenvalue weighted by molar-refractivity contribution is 0.0299. The molecule has 1 aromatic rings. The van der Waals surface area contributed by atoms with Gasteiger partial charge in [-0.3, -0.25) is 0 Å². The van der Waals surface area contributed by atoms with Crippen molar-refractivity contribution in [2.75, 3.05) is 13.2 Å². The predicted octanol–water partition coefficient (Wildman–Crippen LogP) is 4.57. The van der Waals surface area contributed by atoms with Gasteiger partial charge in [0, 0.05) is 11.6 Å². The van der Waals surface area contributed by atoms with E-state index in [0.29, 0.717) is 12.5 Å². The summed E-state index contributed by atoms with van der Waals surface area (Å²) in [4.78, 5) is 0. The van der Waals surface area contributed by atoms with Crippen molar-refractivity contribution in [3.63, 3.8) is 0 Å². The summed E-state index contributed by atoms with van der Waals surface area (Å²) in [7, 11) is 0. The molecule has 3 heteroatoms. The number of benzene rings is 1. The lowest BCUT2D eigenvalue weighted by Crippen LogP contribution is -2.19. The van der Waals surface area contributed by atoms with Gasteiger partial charge in [-0.25, -0.2) is 0 Å². The molecule has 0 aliphatic rings. The Morgan fingerprint density at radius 2 is 1.89 bits per heavy atom. The molecule has 2 N–H and O–H groups in total. The van der Waals surface area contributed by atoms with Crippen molar-refractivity contribution in [3.8, 4) is 0 Å². The lowest BCUT2D eigenvalue weighted by atomic mass is 10.0. The third-order valence-electron chi connectivity index (χ3n) is 3.53. The number of nitrogens with two attached hydrogens (primary N) is 1. The molecule has 19 heavy (non-hydrogen) atoms. The standard InChI is InChI=1S/C16H26ClNO/c1-3-5-6-13(4-2)12-19-16(11-18)14-7-9-15(17)10-8-14/h7-10,13,16H,3-6,11-12,18H2,1-2H3. The van der Waals surface area contributed by atoms with Gasteiger partial charge in [0.25, 0.3) is 0 Å². The highest BCUT2D eigenvalue weighted by Gasteiger charge is 2.13. The molecular formula is C16H26ClNO. The van der Waals surface area contributed by atoms with Crippen molar-refractivity contribution in [1.29, 1.82) is 0 Å². The van der Waals surface area contributed by atoms with E-state index in [2.05, 4.69) is 13.8 Å². The van der Waals surface area contributed by atoms with Crippen molar-refractivity contribution >= 4 is 11.6 Å². The van der Waals surface area contributed by atoms with E-state index in [1.165, 1.54) is 19.3 Å². The van der Waals surface area contributed by atoms with E-state index < -0.39 is 0 Å². The van der Waals surface area contributed by atoms with E-state index >= 15 is 0 Å². The van der Waals surface area contributed by atoms with E-state index in [1.807, 2.05) is 24.3 Å². The smallest absolute Gasteiger partial charge is 0.0947 e. The van der Waals surface area contributed by atoms with Gasteiger partial charge in [-0.15, -0.1) is 0 Å². The fourth-order valence-corrected chi connectivity index (χ4v) is 2.25. The van der Waals surface area contributed by atoms with Gasteiger partial charge >= 0.3 is 0 Å². The van der Waals surface area contributed by atoms with Crippen LogP contribution < -0.4 is 5.73 Å². The van der Waals surface area contributed by atoms with Gasteiger partial charge in [-0.05, 0) is 30.0 Å². The molecule has 0 heterocycles. The average Bonchev–Trinajstić information content (AvgIpc) is 2.44. The molecule has 108 valence electrons.